The maximum Gasteiger partial charge on any atom is 0.230 e. The van der Waals surface area contributed by atoms with E-state index in [1.807, 2.05) is 37.3 Å². The Hall–Kier alpha value is -2.12. The van der Waals surface area contributed by atoms with Crippen LogP contribution in [-0.2, 0) is 4.79 Å². The quantitative estimate of drug-likeness (QED) is 0.470. The Kier molecular flexibility index (Phi) is 6.01. The number of hydrogen-bond acceptors (Lipinski definition) is 6. The first-order valence-electron chi connectivity index (χ1n) is 8.87. The zero-order valence-corrected chi connectivity index (χ0v) is 17.6. The minimum atomic E-state index is -0.0386. The molecule has 2 heterocycles. The fourth-order valence-corrected chi connectivity index (χ4v) is 4.72. The van der Waals surface area contributed by atoms with Crippen LogP contribution in [0, 0.1) is 19.8 Å². The Bertz CT molecular complexity index is 954. The minimum absolute atomic E-state index is 0.0182. The molecule has 1 atom stereocenters. The van der Waals surface area contributed by atoms with Crippen molar-refractivity contribution >= 4 is 45.0 Å². The summed E-state index contributed by atoms with van der Waals surface area (Å²) in [4.78, 5) is 23.5. The molecule has 7 heteroatoms. The number of nitrogens with one attached hydrogen (secondary N) is 1. The van der Waals surface area contributed by atoms with Crippen molar-refractivity contribution in [1.82, 2.24) is 15.3 Å². The number of thiophene rings is 1. The van der Waals surface area contributed by atoms with Gasteiger partial charge in [-0.2, -0.15) is 0 Å². The van der Waals surface area contributed by atoms with E-state index in [0.29, 0.717) is 16.9 Å². The Morgan fingerprint density at radius 3 is 2.59 bits per heavy atom. The van der Waals surface area contributed by atoms with Crippen LogP contribution in [0.1, 0.15) is 35.9 Å². The molecule has 0 bridgehead atoms. The highest BCUT2D eigenvalue weighted by atomic mass is 32.2. The second-order valence-corrected chi connectivity index (χ2v) is 8.99. The molecule has 3 aromatic rings. The van der Waals surface area contributed by atoms with Crippen molar-refractivity contribution in [1.29, 1.82) is 0 Å². The van der Waals surface area contributed by atoms with E-state index in [1.165, 1.54) is 16.6 Å². The molecule has 3 rings (SSSR count). The van der Waals surface area contributed by atoms with Gasteiger partial charge in [0.2, 0.25) is 5.91 Å². The standard InChI is InChI=1S/C20H24N4OS2/c1-11(2)17(14-8-6-5-7-9-14)22-15(25)10-26-20-23-18(21)16-12(3)13(4)27-19(16)24-20/h5-9,11,17H,10H2,1-4H3,(H,22,25)(H2,21,23,24). The lowest BCUT2D eigenvalue weighted by Crippen LogP contribution is -2.33. The average molecular weight is 401 g/mol. The van der Waals surface area contributed by atoms with Crippen LogP contribution in [0.25, 0.3) is 10.2 Å². The lowest BCUT2D eigenvalue weighted by Gasteiger charge is -2.22. The molecule has 0 aliphatic heterocycles. The monoisotopic (exact) mass is 400 g/mol. The molecule has 142 valence electrons. The third-order valence-corrected chi connectivity index (χ3v) is 6.46. The lowest BCUT2D eigenvalue weighted by atomic mass is 9.96. The van der Waals surface area contributed by atoms with E-state index in [2.05, 4.69) is 36.1 Å². The number of nitrogens with two attached hydrogens (primary N) is 1. The largest absolute Gasteiger partial charge is 0.383 e. The number of fused-ring (bicyclic) bond motifs is 1. The molecule has 27 heavy (non-hydrogen) atoms. The molecule has 3 N–H and O–H groups in total. The van der Waals surface area contributed by atoms with Crippen molar-refractivity contribution in [3.05, 3.63) is 46.3 Å². The van der Waals surface area contributed by atoms with Crippen LogP contribution >= 0.6 is 23.1 Å². The number of amides is 1. The number of thioether (sulfide) groups is 1. The number of aryl methyl sites for hydroxylation is 2. The van der Waals surface area contributed by atoms with E-state index in [9.17, 15) is 4.79 Å². The molecule has 0 aliphatic carbocycles. The number of nitrogens with zero attached hydrogens (tertiary/aromatic N) is 2. The first-order valence-corrected chi connectivity index (χ1v) is 10.7. The molecule has 0 spiro atoms. The second kappa shape index (κ2) is 8.27. The van der Waals surface area contributed by atoms with Gasteiger partial charge in [0.25, 0.3) is 0 Å². The molecular weight excluding hydrogens is 376 g/mol. The van der Waals surface area contributed by atoms with Gasteiger partial charge in [-0.25, -0.2) is 9.97 Å². The summed E-state index contributed by atoms with van der Waals surface area (Å²) >= 11 is 2.92. The molecule has 5 nitrogen and oxygen atoms in total. The summed E-state index contributed by atoms with van der Waals surface area (Å²) in [6, 6.07) is 10.0. The van der Waals surface area contributed by atoms with Crippen molar-refractivity contribution in [2.45, 2.75) is 38.9 Å². The van der Waals surface area contributed by atoms with E-state index in [0.717, 1.165) is 21.3 Å². The van der Waals surface area contributed by atoms with Crippen molar-refractivity contribution in [3.63, 3.8) is 0 Å². The summed E-state index contributed by atoms with van der Waals surface area (Å²) in [7, 11) is 0. The zero-order chi connectivity index (χ0) is 19.6. The SMILES string of the molecule is Cc1sc2nc(SCC(=O)NC(c3ccccc3)C(C)C)nc(N)c2c1C. The maximum atomic E-state index is 12.5. The number of benzene rings is 1. The number of carbonyl (C=O) groups is 1. The predicted octanol–water partition coefficient (Wildman–Crippen LogP) is 4.50. The number of nitrogen functional groups attached to an aromatic ring is 1. The Labute approximate surface area is 167 Å². The van der Waals surface area contributed by atoms with Crippen LogP contribution < -0.4 is 11.1 Å². The molecule has 1 unspecified atom stereocenters. The van der Waals surface area contributed by atoms with Gasteiger partial charge in [-0.3, -0.25) is 4.79 Å². The minimum Gasteiger partial charge on any atom is -0.383 e. The van der Waals surface area contributed by atoms with E-state index in [4.69, 9.17) is 5.73 Å². The van der Waals surface area contributed by atoms with Gasteiger partial charge in [-0.15, -0.1) is 11.3 Å². The van der Waals surface area contributed by atoms with Crippen molar-refractivity contribution < 1.29 is 4.79 Å². The van der Waals surface area contributed by atoms with E-state index in [1.54, 1.807) is 11.3 Å². The molecule has 0 radical (unpaired) electrons. The van der Waals surface area contributed by atoms with Gasteiger partial charge in [0.1, 0.15) is 10.6 Å². The van der Waals surface area contributed by atoms with E-state index in [-0.39, 0.29) is 17.7 Å². The number of anilines is 1. The Morgan fingerprint density at radius 2 is 1.93 bits per heavy atom. The number of rotatable bonds is 6. The van der Waals surface area contributed by atoms with Crippen LogP contribution in [-0.4, -0.2) is 21.6 Å². The summed E-state index contributed by atoms with van der Waals surface area (Å²) in [5, 5.41) is 4.59. The molecular formula is C20H24N4OS2. The van der Waals surface area contributed by atoms with Crippen LogP contribution in [0.2, 0.25) is 0 Å². The summed E-state index contributed by atoms with van der Waals surface area (Å²) in [5.41, 5.74) is 8.35. The number of aromatic nitrogens is 2. The van der Waals surface area contributed by atoms with Gasteiger partial charge in [-0.05, 0) is 30.9 Å². The molecule has 2 aromatic heterocycles. The zero-order valence-electron chi connectivity index (χ0n) is 15.9. The third kappa shape index (κ3) is 4.42. The highest BCUT2D eigenvalue weighted by molar-refractivity contribution is 7.99. The van der Waals surface area contributed by atoms with Gasteiger partial charge in [0, 0.05) is 4.88 Å². The first kappa shape index (κ1) is 19.6. The van der Waals surface area contributed by atoms with Gasteiger partial charge in [0.05, 0.1) is 17.2 Å². The smallest absolute Gasteiger partial charge is 0.230 e. The molecule has 0 saturated heterocycles. The highest BCUT2D eigenvalue weighted by Crippen LogP contribution is 2.33. The van der Waals surface area contributed by atoms with E-state index < -0.39 is 0 Å². The van der Waals surface area contributed by atoms with Crippen LogP contribution in [0.4, 0.5) is 5.82 Å². The molecule has 1 amide bonds. The summed E-state index contributed by atoms with van der Waals surface area (Å²) in [5.74, 6) is 0.990. The topological polar surface area (TPSA) is 80.9 Å². The van der Waals surface area contributed by atoms with Crippen LogP contribution in [0.15, 0.2) is 35.5 Å². The number of carbonyl (C=O) groups excluding carboxylic acids is 1. The van der Waals surface area contributed by atoms with Gasteiger partial charge < -0.3 is 11.1 Å². The Morgan fingerprint density at radius 1 is 1.22 bits per heavy atom. The summed E-state index contributed by atoms with van der Waals surface area (Å²) in [6.07, 6.45) is 0. The average Bonchev–Trinajstić information content (AvgIpc) is 2.92. The highest BCUT2D eigenvalue weighted by Gasteiger charge is 2.19. The molecule has 0 fully saturated rings. The van der Waals surface area contributed by atoms with Crippen LogP contribution in [0.3, 0.4) is 0 Å². The maximum absolute atomic E-state index is 12.5. The van der Waals surface area contributed by atoms with Gasteiger partial charge in [0.15, 0.2) is 5.16 Å². The van der Waals surface area contributed by atoms with Crippen molar-refractivity contribution in [2.24, 2.45) is 5.92 Å². The first-order chi connectivity index (χ1) is 12.9. The Balaban J connectivity index is 1.69. The fraction of sp³-hybridized carbons (Fsp3) is 0.350. The van der Waals surface area contributed by atoms with Gasteiger partial charge in [-0.1, -0.05) is 55.9 Å². The number of hydrogen-bond donors (Lipinski definition) is 2. The molecule has 0 aliphatic rings. The van der Waals surface area contributed by atoms with Gasteiger partial charge >= 0.3 is 0 Å². The van der Waals surface area contributed by atoms with Crippen molar-refractivity contribution in [2.75, 3.05) is 11.5 Å². The molecule has 1 aromatic carbocycles. The summed E-state index contributed by atoms with van der Waals surface area (Å²) in [6.45, 7) is 8.29. The second-order valence-electron chi connectivity index (χ2n) is 6.84. The summed E-state index contributed by atoms with van der Waals surface area (Å²) < 4.78 is 0. The normalized spacial score (nSPS) is 12.5. The van der Waals surface area contributed by atoms with Crippen LogP contribution in [0.5, 0.6) is 0 Å². The third-order valence-electron chi connectivity index (χ3n) is 4.51. The lowest BCUT2D eigenvalue weighted by molar-refractivity contribution is -0.119. The predicted molar refractivity (Wildman–Crippen MR) is 114 cm³/mol. The molecule has 0 saturated carbocycles. The van der Waals surface area contributed by atoms with E-state index >= 15 is 0 Å². The van der Waals surface area contributed by atoms with Crippen molar-refractivity contribution in [3.8, 4) is 0 Å². The fourth-order valence-electron chi connectivity index (χ4n) is 2.97.